The van der Waals surface area contributed by atoms with Gasteiger partial charge in [0.2, 0.25) is 9.84 Å². The molecule has 0 heterocycles. The fourth-order valence-corrected chi connectivity index (χ4v) is 3.37. The first-order valence-corrected chi connectivity index (χ1v) is 9.28. The van der Waals surface area contributed by atoms with E-state index in [1.165, 1.54) is 0 Å². The Bertz CT molecular complexity index is 915. The first kappa shape index (κ1) is 16.3. The third kappa shape index (κ3) is 3.66. The predicted octanol–water partition coefficient (Wildman–Crippen LogP) is 4.47. The quantitative estimate of drug-likeness (QED) is 0.689. The van der Waals surface area contributed by atoms with Gasteiger partial charge in [-0.05, 0) is 30.7 Å². The van der Waals surface area contributed by atoms with Crippen LogP contribution in [0.15, 0.2) is 83.8 Å². The van der Waals surface area contributed by atoms with Crippen LogP contribution in [0, 0.1) is 6.92 Å². The van der Waals surface area contributed by atoms with Gasteiger partial charge in [0.25, 0.3) is 0 Å². The van der Waals surface area contributed by atoms with Gasteiger partial charge in [-0.2, -0.15) is 0 Å². The highest BCUT2D eigenvalue weighted by atomic mass is 32.2. The van der Waals surface area contributed by atoms with Gasteiger partial charge in [-0.15, -0.1) is 0 Å². The van der Waals surface area contributed by atoms with Crippen molar-refractivity contribution in [1.29, 1.82) is 0 Å². The van der Waals surface area contributed by atoms with E-state index >= 15 is 0 Å². The van der Waals surface area contributed by atoms with Crippen LogP contribution in [0.1, 0.15) is 5.56 Å². The number of para-hydroxylation sites is 1. The van der Waals surface area contributed by atoms with Crippen LogP contribution < -0.4 is 4.74 Å². The number of ether oxygens (including phenoxy) is 1. The van der Waals surface area contributed by atoms with Crippen molar-refractivity contribution in [3.8, 4) is 16.9 Å². The fourth-order valence-electron chi connectivity index (χ4n) is 2.40. The lowest BCUT2D eigenvalue weighted by atomic mass is 10.1. The Kier molecular flexibility index (Phi) is 4.67. The van der Waals surface area contributed by atoms with Crippen LogP contribution in [0.5, 0.6) is 5.75 Å². The molecule has 24 heavy (non-hydrogen) atoms. The van der Waals surface area contributed by atoms with Crippen molar-refractivity contribution >= 4 is 9.84 Å². The van der Waals surface area contributed by atoms with E-state index < -0.39 is 9.84 Å². The molecular weight excluding hydrogens is 320 g/mol. The number of aryl methyl sites for hydroxylation is 1. The van der Waals surface area contributed by atoms with Gasteiger partial charge < -0.3 is 4.74 Å². The van der Waals surface area contributed by atoms with Crippen LogP contribution in [-0.4, -0.2) is 14.4 Å². The number of hydrogen-bond acceptors (Lipinski definition) is 3. The first-order chi connectivity index (χ1) is 11.6. The average molecular weight is 338 g/mol. The van der Waals surface area contributed by atoms with Crippen LogP contribution in [0.3, 0.4) is 0 Å². The molecule has 0 N–H and O–H groups in total. The molecule has 3 nitrogen and oxygen atoms in total. The van der Waals surface area contributed by atoms with Crippen LogP contribution in [0.25, 0.3) is 11.1 Å². The van der Waals surface area contributed by atoms with Crippen molar-refractivity contribution in [3.05, 3.63) is 84.4 Å². The maximum Gasteiger partial charge on any atom is 0.213 e. The van der Waals surface area contributed by atoms with Crippen molar-refractivity contribution in [2.24, 2.45) is 0 Å². The monoisotopic (exact) mass is 338 g/mol. The Morgan fingerprint density at radius 2 is 1.42 bits per heavy atom. The summed E-state index contributed by atoms with van der Waals surface area (Å²) in [5.41, 5.74) is 2.88. The SMILES string of the molecule is Cc1ccc(S(=O)(=O)COc2ccccc2-c2ccccc2)cc1. The molecule has 0 spiro atoms. The van der Waals surface area contributed by atoms with E-state index in [0.29, 0.717) is 5.75 Å². The molecular formula is C20H18O3S. The van der Waals surface area contributed by atoms with Gasteiger partial charge in [-0.3, -0.25) is 0 Å². The highest BCUT2D eigenvalue weighted by Gasteiger charge is 2.16. The van der Waals surface area contributed by atoms with E-state index in [9.17, 15) is 8.42 Å². The smallest absolute Gasteiger partial charge is 0.213 e. The molecule has 0 aliphatic rings. The maximum atomic E-state index is 12.4. The Labute approximate surface area is 142 Å². The van der Waals surface area contributed by atoms with Gasteiger partial charge in [-0.25, -0.2) is 8.42 Å². The van der Waals surface area contributed by atoms with Crippen molar-refractivity contribution in [3.63, 3.8) is 0 Å². The minimum absolute atomic E-state index is 0.269. The molecule has 0 atom stereocenters. The Hall–Kier alpha value is -2.59. The van der Waals surface area contributed by atoms with Gasteiger partial charge in [0.1, 0.15) is 5.75 Å². The largest absolute Gasteiger partial charge is 0.477 e. The first-order valence-electron chi connectivity index (χ1n) is 7.63. The molecule has 0 unspecified atom stereocenters. The summed E-state index contributed by atoms with van der Waals surface area (Å²) in [6.07, 6.45) is 0. The predicted molar refractivity (Wildman–Crippen MR) is 95.7 cm³/mol. The summed E-state index contributed by atoms with van der Waals surface area (Å²) in [6, 6.07) is 24.0. The lowest BCUT2D eigenvalue weighted by Crippen LogP contribution is -2.12. The third-order valence-corrected chi connectivity index (χ3v) is 5.14. The molecule has 0 aliphatic carbocycles. The average Bonchev–Trinajstić information content (AvgIpc) is 2.61. The Morgan fingerprint density at radius 1 is 0.792 bits per heavy atom. The third-order valence-electron chi connectivity index (χ3n) is 3.72. The molecule has 0 saturated carbocycles. The molecule has 3 aromatic carbocycles. The molecule has 122 valence electrons. The summed E-state index contributed by atoms with van der Waals surface area (Å²) in [5, 5.41) is 0. The summed E-state index contributed by atoms with van der Waals surface area (Å²) in [5.74, 6) is 0.166. The minimum atomic E-state index is -3.50. The summed E-state index contributed by atoms with van der Waals surface area (Å²) >= 11 is 0. The van der Waals surface area contributed by atoms with Gasteiger partial charge in [0.15, 0.2) is 5.94 Å². The number of hydrogen-bond donors (Lipinski definition) is 0. The highest BCUT2D eigenvalue weighted by Crippen LogP contribution is 2.30. The molecule has 4 heteroatoms. The van der Waals surface area contributed by atoms with Gasteiger partial charge in [0.05, 0.1) is 4.90 Å². The van der Waals surface area contributed by atoms with Crippen molar-refractivity contribution in [1.82, 2.24) is 0 Å². The zero-order valence-electron chi connectivity index (χ0n) is 13.3. The highest BCUT2D eigenvalue weighted by molar-refractivity contribution is 7.91. The van der Waals surface area contributed by atoms with E-state index in [1.807, 2.05) is 55.5 Å². The summed E-state index contributed by atoms with van der Waals surface area (Å²) in [7, 11) is -3.50. The van der Waals surface area contributed by atoms with Crippen LogP contribution >= 0.6 is 0 Å². The lowest BCUT2D eigenvalue weighted by Gasteiger charge is -2.12. The second-order valence-electron chi connectivity index (χ2n) is 5.55. The van der Waals surface area contributed by atoms with Crippen LogP contribution in [0.4, 0.5) is 0 Å². The molecule has 0 fully saturated rings. The normalized spacial score (nSPS) is 11.2. The van der Waals surface area contributed by atoms with E-state index in [1.54, 1.807) is 30.3 Å². The minimum Gasteiger partial charge on any atom is -0.477 e. The number of sulfone groups is 1. The van der Waals surface area contributed by atoms with Crippen LogP contribution in [0.2, 0.25) is 0 Å². The van der Waals surface area contributed by atoms with Crippen LogP contribution in [-0.2, 0) is 9.84 Å². The summed E-state index contributed by atoms with van der Waals surface area (Å²) in [6.45, 7) is 1.92. The molecule has 3 aromatic rings. The van der Waals surface area contributed by atoms with E-state index in [0.717, 1.165) is 16.7 Å². The number of rotatable bonds is 5. The Balaban J connectivity index is 1.84. The second kappa shape index (κ2) is 6.89. The maximum absolute atomic E-state index is 12.4. The topological polar surface area (TPSA) is 43.4 Å². The molecule has 0 aromatic heterocycles. The summed E-state index contributed by atoms with van der Waals surface area (Å²) < 4.78 is 30.5. The van der Waals surface area contributed by atoms with E-state index in [-0.39, 0.29) is 10.8 Å². The molecule has 0 aliphatic heterocycles. The fraction of sp³-hybridized carbons (Fsp3) is 0.100. The lowest BCUT2D eigenvalue weighted by molar-refractivity contribution is 0.378. The van der Waals surface area contributed by atoms with Gasteiger partial charge >= 0.3 is 0 Å². The standard InChI is InChI=1S/C20H18O3S/c1-16-11-13-18(14-12-16)24(21,22)15-23-20-10-6-5-9-19(20)17-7-3-2-4-8-17/h2-14H,15H2,1H3. The second-order valence-corrected chi connectivity index (χ2v) is 7.49. The molecule has 3 rings (SSSR count). The molecule has 0 saturated heterocycles. The van der Waals surface area contributed by atoms with Gasteiger partial charge in [-0.1, -0.05) is 66.2 Å². The van der Waals surface area contributed by atoms with Crippen molar-refractivity contribution in [2.75, 3.05) is 5.94 Å². The van der Waals surface area contributed by atoms with E-state index in [2.05, 4.69) is 0 Å². The Morgan fingerprint density at radius 3 is 2.12 bits per heavy atom. The van der Waals surface area contributed by atoms with Crippen molar-refractivity contribution < 1.29 is 13.2 Å². The summed E-state index contributed by atoms with van der Waals surface area (Å²) in [4.78, 5) is 0.269. The molecule has 0 bridgehead atoms. The van der Waals surface area contributed by atoms with E-state index in [4.69, 9.17) is 4.74 Å². The zero-order chi connectivity index (χ0) is 17.0. The molecule has 0 amide bonds. The van der Waals surface area contributed by atoms with Crippen molar-refractivity contribution in [2.45, 2.75) is 11.8 Å². The van der Waals surface area contributed by atoms with Gasteiger partial charge in [0, 0.05) is 5.56 Å². The zero-order valence-corrected chi connectivity index (χ0v) is 14.2. The number of benzene rings is 3. The molecule has 0 radical (unpaired) electrons.